The lowest BCUT2D eigenvalue weighted by Crippen LogP contribution is -2.56. The normalized spacial score (nSPS) is 19.4. The van der Waals surface area contributed by atoms with Crippen LogP contribution in [0.25, 0.3) is 0 Å². The van der Waals surface area contributed by atoms with Gasteiger partial charge in [-0.1, -0.05) is 38.0 Å². The van der Waals surface area contributed by atoms with E-state index in [0.29, 0.717) is 19.0 Å². The van der Waals surface area contributed by atoms with Crippen LogP contribution in [0.5, 0.6) is 0 Å². The van der Waals surface area contributed by atoms with Crippen LogP contribution in [0.2, 0.25) is 0 Å². The molecule has 112 valence electrons. The Morgan fingerprint density at radius 1 is 1.30 bits per heavy atom. The van der Waals surface area contributed by atoms with Crippen LogP contribution < -0.4 is 5.73 Å². The largest absolute Gasteiger partial charge is 0.329 e. The second-order valence-electron chi connectivity index (χ2n) is 6.19. The molecule has 0 aliphatic heterocycles. The molecule has 1 fully saturated rings. The molecule has 1 saturated carbocycles. The molecule has 1 atom stereocenters. The molecule has 2 nitrogen and oxygen atoms in total. The molecule has 0 bridgehead atoms. The van der Waals surface area contributed by atoms with Gasteiger partial charge in [0.2, 0.25) is 0 Å². The Bertz CT molecular complexity index is 429. The molecule has 0 saturated heterocycles. The van der Waals surface area contributed by atoms with E-state index in [0.717, 1.165) is 12.1 Å². The summed E-state index contributed by atoms with van der Waals surface area (Å²) in [6, 6.07) is 7.68. The van der Waals surface area contributed by atoms with Crippen molar-refractivity contribution < 1.29 is 4.39 Å². The van der Waals surface area contributed by atoms with Crippen molar-refractivity contribution in [1.82, 2.24) is 4.90 Å². The third-order valence-corrected chi connectivity index (χ3v) is 4.77. The predicted molar refractivity (Wildman–Crippen MR) is 82.2 cm³/mol. The summed E-state index contributed by atoms with van der Waals surface area (Å²) in [7, 11) is 0. The number of rotatable bonds is 6. The van der Waals surface area contributed by atoms with Gasteiger partial charge in [-0.05, 0) is 44.4 Å². The Morgan fingerprint density at radius 2 is 1.95 bits per heavy atom. The van der Waals surface area contributed by atoms with E-state index in [1.54, 1.807) is 6.07 Å². The summed E-state index contributed by atoms with van der Waals surface area (Å²) in [5.41, 5.74) is 6.70. The van der Waals surface area contributed by atoms with Crippen molar-refractivity contribution in [3.63, 3.8) is 0 Å². The van der Waals surface area contributed by atoms with E-state index in [1.807, 2.05) is 12.1 Å². The van der Waals surface area contributed by atoms with Gasteiger partial charge < -0.3 is 5.73 Å². The zero-order valence-corrected chi connectivity index (χ0v) is 12.7. The number of halogens is 1. The van der Waals surface area contributed by atoms with E-state index in [2.05, 4.69) is 18.7 Å². The second-order valence-corrected chi connectivity index (χ2v) is 6.19. The summed E-state index contributed by atoms with van der Waals surface area (Å²) in [5.74, 6) is -0.116. The Kier molecular flexibility index (Phi) is 5.17. The van der Waals surface area contributed by atoms with E-state index in [1.165, 1.54) is 31.7 Å². The predicted octanol–water partition coefficient (Wildman–Crippen LogP) is 3.35. The molecule has 2 rings (SSSR count). The van der Waals surface area contributed by atoms with Crippen LogP contribution >= 0.6 is 0 Å². The van der Waals surface area contributed by atoms with Gasteiger partial charge in [-0.15, -0.1) is 0 Å². The fourth-order valence-corrected chi connectivity index (χ4v) is 3.64. The fraction of sp³-hybridized carbons (Fsp3) is 0.647. The van der Waals surface area contributed by atoms with Crippen molar-refractivity contribution in [2.24, 2.45) is 5.73 Å². The quantitative estimate of drug-likeness (QED) is 0.864. The van der Waals surface area contributed by atoms with Gasteiger partial charge in [0, 0.05) is 18.1 Å². The molecule has 2 N–H and O–H groups in total. The number of likely N-dealkylation sites (N-methyl/N-ethyl adjacent to an activating group) is 1. The fourth-order valence-electron chi connectivity index (χ4n) is 3.64. The average Bonchev–Trinajstić information content (AvgIpc) is 2.96. The lowest BCUT2D eigenvalue weighted by Gasteiger charge is -2.44. The highest BCUT2D eigenvalue weighted by atomic mass is 19.1. The van der Waals surface area contributed by atoms with Crippen LogP contribution in [0.4, 0.5) is 4.39 Å². The van der Waals surface area contributed by atoms with Gasteiger partial charge in [0.15, 0.2) is 0 Å². The van der Waals surface area contributed by atoms with E-state index >= 15 is 0 Å². The highest BCUT2D eigenvalue weighted by Crippen LogP contribution is 2.31. The Labute approximate surface area is 122 Å². The van der Waals surface area contributed by atoms with Crippen molar-refractivity contribution >= 4 is 0 Å². The molecule has 1 aromatic carbocycles. The van der Waals surface area contributed by atoms with E-state index < -0.39 is 0 Å². The first-order chi connectivity index (χ1) is 9.60. The first kappa shape index (κ1) is 15.5. The molecular weight excluding hydrogens is 251 g/mol. The molecule has 0 spiro atoms. The summed E-state index contributed by atoms with van der Waals surface area (Å²) in [6.07, 6.45) is 5.80. The van der Waals surface area contributed by atoms with Crippen LogP contribution in [0.3, 0.4) is 0 Å². The summed E-state index contributed by atoms with van der Waals surface area (Å²) < 4.78 is 13.9. The van der Waals surface area contributed by atoms with Crippen LogP contribution in [0.15, 0.2) is 24.3 Å². The van der Waals surface area contributed by atoms with Crippen LogP contribution in [0.1, 0.15) is 45.1 Å². The van der Waals surface area contributed by atoms with E-state index in [-0.39, 0.29) is 11.4 Å². The minimum absolute atomic E-state index is 0.116. The van der Waals surface area contributed by atoms with Crippen molar-refractivity contribution in [3.8, 4) is 0 Å². The smallest absolute Gasteiger partial charge is 0.126 e. The van der Waals surface area contributed by atoms with Gasteiger partial charge in [-0.25, -0.2) is 4.39 Å². The maximum absolute atomic E-state index is 13.9. The topological polar surface area (TPSA) is 29.3 Å². The summed E-state index contributed by atoms with van der Waals surface area (Å²) >= 11 is 0. The van der Waals surface area contributed by atoms with Gasteiger partial charge in [-0.2, -0.15) is 0 Å². The standard InChI is InChI=1S/C17H27FN2/c1-3-20(15-9-5-6-10-15)17(2,13-19)12-14-8-4-7-11-16(14)18/h4,7-8,11,15H,3,5-6,9-10,12-13,19H2,1-2H3. The third-order valence-electron chi connectivity index (χ3n) is 4.77. The number of nitrogens with two attached hydrogens (primary N) is 1. The molecule has 20 heavy (non-hydrogen) atoms. The molecule has 1 aromatic rings. The number of hydrogen-bond acceptors (Lipinski definition) is 2. The van der Waals surface area contributed by atoms with Crippen molar-refractivity contribution in [3.05, 3.63) is 35.6 Å². The Balaban J connectivity index is 2.20. The van der Waals surface area contributed by atoms with Crippen LogP contribution in [-0.2, 0) is 6.42 Å². The lowest BCUT2D eigenvalue weighted by atomic mass is 9.88. The number of hydrogen-bond donors (Lipinski definition) is 1. The zero-order valence-electron chi connectivity index (χ0n) is 12.7. The van der Waals surface area contributed by atoms with Crippen LogP contribution in [0, 0.1) is 5.82 Å². The molecule has 1 unspecified atom stereocenters. The first-order valence-electron chi connectivity index (χ1n) is 7.81. The first-order valence-corrected chi connectivity index (χ1v) is 7.81. The molecule has 0 radical (unpaired) electrons. The Morgan fingerprint density at radius 3 is 2.50 bits per heavy atom. The zero-order chi connectivity index (χ0) is 14.6. The molecule has 1 aliphatic carbocycles. The Hall–Kier alpha value is -0.930. The monoisotopic (exact) mass is 278 g/mol. The molecule has 0 heterocycles. The number of benzene rings is 1. The highest BCUT2D eigenvalue weighted by molar-refractivity contribution is 5.20. The highest BCUT2D eigenvalue weighted by Gasteiger charge is 2.36. The van der Waals surface area contributed by atoms with Gasteiger partial charge in [0.1, 0.15) is 5.82 Å². The third kappa shape index (κ3) is 3.21. The number of nitrogens with zero attached hydrogens (tertiary/aromatic N) is 1. The van der Waals surface area contributed by atoms with Crippen molar-refractivity contribution in [2.75, 3.05) is 13.1 Å². The van der Waals surface area contributed by atoms with Gasteiger partial charge >= 0.3 is 0 Å². The SMILES string of the molecule is CCN(C1CCCC1)C(C)(CN)Cc1ccccc1F. The maximum atomic E-state index is 13.9. The lowest BCUT2D eigenvalue weighted by molar-refractivity contribution is 0.0681. The summed E-state index contributed by atoms with van der Waals surface area (Å²) in [4.78, 5) is 2.51. The summed E-state index contributed by atoms with van der Waals surface area (Å²) in [6.45, 7) is 5.91. The molecule has 3 heteroatoms. The molecular formula is C17H27FN2. The van der Waals surface area contributed by atoms with Crippen molar-refractivity contribution in [2.45, 2.75) is 57.5 Å². The average molecular weight is 278 g/mol. The van der Waals surface area contributed by atoms with Gasteiger partial charge in [0.05, 0.1) is 0 Å². The maximum Gasteiger partial charge on any atom is 0.126 e. The molecule has 0 aromatic heterocycles. The minimum atomic E-state index is -0.161. The molecule has 1 aliphatic rings. The summed E-state index contributed by atoms with van der Waals surface area (Å²) in [5, 5.41) is 0. The minimum Gasteiger partial charge on any atom is -0.329 e. The molecule has 0 amide bonds. The van der Waals surface area contributed by atoms with E-state index in [4.69, 9.17) is 5.73 Å². The van der Waals surface area contributed by atoms with Crippen molar-refractivity contribution in [1.29, 1.82) is 0 Å². The van der Waals surface area contributed by atoms with Gasteiger partial charge in [-0.3, -0.25) is 4.90 Å². The van der Waals surface area contributed by atoms with Crippen LogP contribution in [-0.4, -0.2) is 29.6 Å². The van der Waals surface area contributed by atoms with E-state index in [9.17, 15) is 4.39 Å². The van der Waals surface area contributed by atoms with Gasteiger partial charge in [0.25, 0.3) is 0 Å². The second kappa shape index (κ2) is 6.68.